The van der Waals surface area contributed by atoms with Crippen LogP contribution in [0.3, 0.4) is 0 Å². The molecule has 0 saturated carbocycles. The average Bonchev–Trinajstić information content (AvgIpc) is 3.31. The number of ketones is 1. The average molecular weight is 466 g/mol. The lowest BCUT2D eigenvalue weighted by Crippen LogP contribution is -2.11. The second-order valence-electron chi connectivity index (χ2n) is 8.51. The standard InChI is InChI=1S/C30H24FNO3/c1-35-30-14-11-23(31)17-26(30)25(28-16-21-5-2-3-8-27(21)32-28)18-29(34)22-7-4-6-20(15-22)19-9-12-24(33)13-10-19/h2-17,25,32-33H,18H2,1H3/t25-/m1/s1. The maximum atomic E-state index is 14.3. The van der Waals surface area contributed by atoms with Gasteiger partial charge in [0.25, 0.3) is 0 Å². The number of aromatic hydroxyl groups is 1. The Labute approximate surface area is 202 Å². The lowest BCUT2D eigenvalue weighted by atomic mass is 9.87. The van der Waals surface area contributed by atoms with Gasteiger partial charge in [0.15, 0.2) is 5.78 Å². The third-order valence-electron chi connectivity index (χ3n) is 6.27. The topological polar surface area (TPSA) is 62.3 Å². The molecule has 5 aromatic rings. The number of fused-ring (bicyclic) bond motifs is 1. The molecule has 0 saturated heterocycles. The predicted molar refractivity (Wildman–Crippen MR) is 136 cm³/mol. The molecule has 0 aliphatic heterocycles. The normalized spacial score (nSPS) is 11.9. The van der Waals surface area contributed by atoms with Crippen LogP contribution >= 0.6 is 0 Å². The molecule has 5 rings (SSSR count). The molecule has 1 heterocycles. The van der Waals surface area contributed by atoms with Crippen LogP contribution in [0.15, 0.2) is 97.1 Å². The number of phenolic OH excluding ortho intramolecular Hbond substituents is 1. The van der Waals surface area contributed by atoms with E-state index in [4.69, 9.17) is 4.74 Å². The van der Waals surface area contributed by atoms with E-state index in [0.717, 1.165) is 27.7 Å². The number of carbonyl (C=O) groups is 1. The number of hydrogen-bond acceptors (Lipinski definition) is 3. The van der Waals surface area contributed by atoms with Crippen molar-refractivity contribution in [2.24, 2.45) is 0 Å². The summed E-state index contributed by atoms with van der Waals surface area (Å²) < 4.78 is 19.9. The second-order valence-corrected chi connectivity index (χ2v) is 8.51. The van der Waals surface area contributed by atoms with Crippen molar-refractivity contribution >= 4 is 16.7 Å². The molecule has 2 N–H and O–H groups in total. The van der Waals surface area contributed by atoms with E-state index in [-0.39, 0.29) is 23.8 Å². The van der Waals surface area contributed by atoms with Crippen molar-refractivity contribution in [3.8, 4) is 22.6 Å². The number of benzene rings is 4. The summed E-state index contributed by atoms with van der Waals surface area (Å²) in [5.74, 6) is -0.172. The number of halogens is 1. The largest absolute Gasteiger partial charge is 0.508 e. The Kier molecular flexibility index (Phi) is 6.06. The SMILES string of the molecule is COc1ccc(F)cc1[C@@H](CC(=O)c1cccc(-c2ccc(O)cc2)c1)c1cc2ccccc2[nH]1. The first-order chi connectivity index (χ1) is 17.0. The third kappa shape index (κ3) is 4.66. The number of para-hydroxylation sites is 1. The van der Waals surface area contributed by atoms with Gasteiger partial charge in [-0.1, -0.05) is 48.5 Å². The number of hydrogen-bond donors (Lipinski definition) is 2. The highest BCUT2D eigenvalue weighted by atomic mass is 19.1. The number of nitrogens with one attached hydrogen (secondary N) is 1. The van der Waals surface area contributed by atoms with E-state index in [1.165, 1.54) is 12.1 Å². The van der Waals surface area contributed by atoms with Gasteiger partial charge in [-0.25, -0.2) is 4.39 Å². The van der Waals surface area contributed by atoms with E-state index >= 15 is 0 Å². The first-order valence-corrected chi connectivity index (χ1v) is 11.4. The van der Waals surface area contributed by atoms with Gasteiger partial charge in [0.1, 0.15) is 17.3 Å². The molecule has 0 spiro atoms. The molecule has 174 valence electrons. The summed E-state index contributed by atoms with van der Waals surface area (Å²) in [5.41, 5.74) is 4.72. The number of H-pyrrole nitrogens is 1. The number of rotatable bonds is 7. The molecule has 0 aliphatic carbocycles. The number of methoxy groups -OCH3 is 1. The Hall–Kier alpha value is -4.38. The van der Waals surface area contributed by atoms with E-state index < -0.39 is 5.92 Å². The molecule has 1 atom stereocenters. The van der Waals surface area contributed by atoms with Gasteiger partial charge in [0, 0.05) is 34.7 Å². The van der Waals surface area contributed by atoms with Crippen LogP contribution in [0.5, 0.6) is 11.5 Å². The number of aromatic nitrogens is 1. The van der Waals surface area contributed by atoms with Crippen LogP contribution in [-0.4, -0.2) is 23.0 Å². The summed E-state index contributed by atoms with van der Waals surface area (Å²) in [7, 11) is 1.54. The number of Topliss-reactive ketones (excluding diaryl/α,β-unsaturated/α-hetero) is 1. The van der Waals surface area contributed by atoms with Crippen LogP contribution in [0.4, 0.5) is 4.39 Å². The zero-order valence-corrected chi connectivity index (χ0v) is 19.2. The molecule has 0 fully saturated rings. The number of aromatic amines is 1. The van der Waals surface area contributed by atoms with Crippen LogP contribution in [0, 0.1) is 5.82 Å². The fraction of sp³-hybridized carbons (Fsp3) is 0.100. The van der Waals surface area contributed by atoms with Crippen molar-refractivity contribution in [2.45, 2.75) is 12.3 Å². The highest BCUT2D eigenvalue weighted by Crippen LogP contribution is 2.37. The van der Waals surface area contributed by atoms with E-state index in [1.54, 1.807) is 31.4 Å². The fourth-order valence-corrected chi connectivity index (χ4v) is 4.48. The van der Waals surface area contributed by atoms with Crippen LogP contribution < -0.4 is 4.74 Å². The summed E-state index contributed by atoms with van der Waals surface area (Å²) in [4.78, 5) is 17.0. The molecule has 5 heteroatoms. The molecule has 0 aliphatic rings. The fourth-order valence-electron chi connectivity index (χ4n) is 4.48. The zero-order chi connectivity index (χ0) is 24.4. The van der Waals surface area contributed by atoms with Crippen LogP contribution in [0.2, 0.25) is 0 Å². The third-order valence-corrected chi connectivity index (χ3v) is 6.27. The molecule has 0 radical (unpaired) electrons. The number of ether oxygens (including phenoxy) is 1. The van der Waals surface area contributed by atoms with Crippen LogP contribution in [0.25, 0.3) is 22.0 Å². The molecule has 4 nitrogen and oxygen atoms in total. The molecule has 1 aromatic heterocycles. The monoisotopic (exact) mass is 465 g/mol. The second kappa shape index (κ2) is 9.47. The van der Waals surface area contributed by atoms with E-state index in [0.29, 0.717) is 16.9 Å². The van der Waals surface area contributed by atoms with Crippen LogP contribution in [-0.2, 0) is 0 Å². The van der Waals surface area contributed by atoms with Gasteiger partial charge < -0.3 is 14.8 Å². The van der Waals surface area contributed by atoms with Gasteiger partial charge in [-0.15, -0.1) is 0 Å². The maximum Gasteiger partial charge on any atom is 0.163 e. The van der Waals surface area contributed by atoms with Crippen molar-refractivity contribution in [3.63, 3.8) is 0 Å². The lowest BCUT2D eigenvalue weighted by molar-refractivity contribution is 0.0977. The highest BCUT2D eigenvalue weighted by Gasteiger charge is 2.25. The van der Waals surface area contributed by atoms with Crippen molar-refractivity contribution in [1.82, 2.24) is 4.98 Å². The summed E-state index contributed by atoms with van der Waals surface area (Å²) in [5, 5.41) is 10.6. The Bertz CT molecular complexity index is 1470. The quantitative estimate of drug-likeness (QED) is 0.252. The van der Waals surface area contributed by atoms with Crippen molar-refractivity contribution in [1.29, 1.82) is 0 Å². The zero-order valence-electron chi connectivity index (χ0n) is 19.2. The van der Waals surface area contributed by atoms with Gasteiger partial charge in [-0.05, 0) is 65.0 Å². The van der Waals surface area contributed by atoms with Gasteiger partial charge in [-0.2, -0.15) is 0 Å². The lowest BCUT2D eigenvalue weighted by Gasteiger charge is -2.19. The van der Waals surface area contributed by atoms with Crippen molar-refractivity contribution < 1.29 is 19.0 Å². The minimum absolute atomic E-state index is 0.0689. The Morgan fingerprint density at radius 3 is 2.49 bits per heavy atom. The minimum Gasteiger partial charge on any atom is -0.508 e. The predicted octanol–water partition coefficient (Wildman–Crippen LogP) is 7.09. The molecular weight excluding hydrogens is 441 g/mol. The van der Waals surface area contributed by atoms with Gasteiger partial charge in [0.05, 0.1) is 7.11 Å². The summed E-state index contributed by atoms with van der Waals surface area (Å²) in [6, 6.07) is 28.5. The van der Waals surface area contributed by atoms with E-state index in [9.17, 15) is 14.3 Å². The van der Waals surface area contributed by atoms with Gasteiger partial charge >= 0.3 is 0 Å². The molecule has 0 unspecified atom stereocenters. The van der Waals surface area contributed by atoms with Crippen molar-refractivity contribution in [2.75, 3.05) is 7.11 Å². The molecule has 0 bridgehead atoms. The first kappa shape index (κ1) is 22.4. The maximum absolute atomic E-state index is 14.3. The van der Waals surface area contributed by atoms with Gasteiger partial charge in [0.2, 0.25) is 0 Å². The Morgan fingerprint density at radius 1 is 0.914 bits per heavy atom. The minimum atomic E-state index is -0.433. The van der Waals surface area contributed by atoms with E-state index in [2.05, 4.69) is 4.98 Å². The number of phenols is 1. The van der Waals surface area contributed by atoms with Crippen molar-refractivity contribution in [3.05, 3.63) is 120 Å². The summed E-state index contributed by atoms with van der Waals surface area (Å²) >= 11 is 0. The first-order valence-electron chi connectivity index (χ1n) is 11.4. The number of carbonyl (C=O) groups excluding carboxylic acids is 1. The summed E-state index contributed by atoms with van der Waals surface area (Å²) in [6.07, 6.45) is 0.131. The Morgan fingerprint density at radius 2 is 1.71 bits per heavy atom. The molecule has 4 aromatic carbocycles. The highest BCUT2D eigenvalue weighted by molar-refractivity contribution is 5.98. The van der Waals surface area contributed by atoms with Gasteiger partial charge in [-0.3, -0.25) is 4.79 Å². The van der Waals surface area contributed by atoms with Crippen LogP contribution in [0.1, 0.15) is 34.0 Å². The molecular formula is C30H24FNO3. The summed E-state index contributed by atoms with van der Waals surface area (Å²) in [6.45, 7) is 0. The van der Waals surface area contributed by atoms with E-state index in [1.807, 2.05) is 60.7 Å². The Balaban J connectivity index is 1.54. The smallest absolute Gasteiger partial charge is 0.163 e. The molecule has 35 heavy (non-hydrogen) atoms. The molecule has 0 amide bonds.